The van der Waals surface area contributed by atoms with Gasteiger partial charge < -0.3 is 15.0 Å². The lowest BCUT2D eigenvalue weighted by Crippen LogP contribution is -2.41. The zero-order chi connectivity index (χ0) is 14.1. The van der Waals surface area contributed by atoms with Crippen LogP contribution < -0.4 is 10.1 Å². The van der Waals surface area contributed by atoms with Gasteiger partial charge in [-0.25, -0.2) is 4.98 Å². The third kappa shape index (κ3) is 2.73. The molecule has 2 unspecified atom stereocenters. The van der Waals surface area contributed by atoms with Gasteiger partial charge in [-0.1, -0.05) is 0 Å². The predicted molar refractivity (Wildman–Crippen MR) is 79.1 cm³/mol. The van der Waals surface area contributed by atoms with Gasteiger partial charge in [0.2, 0.25) is 5.88 Å². The molecule has 0 aliphatic carbocycles. The smallest absolute Gasteiger partial charge is 0.218 e. The summed E-state index contributed by atoms with van der Waals surface area (Å²) >= 11 is 0. The quantitative estimate of drug-likeness (QED) is 0.912. The summed E-state index contributed by atoms with van der Waals surface area (Å²) in [5.41, 5.74) is 0. The van der Waals surface area contributed by atoms with Crippen molar-refractivity contribution in [2.75, 3.05) is 26.0 Å². The van der Waals surface area contributed by atoms with Crippen LogP contribution in [0.1, 0.15) is 31.5 Å². The highest BCUT2D eigenvalue weighted by atomic mass is 16.5. The molecule has 2 aliphatic heterocycles. The summed E-state index contributed by atoms with van der Waals surface area (Å²) in [5, 5.41) is 3.46. The van der Waals surface area contributed by atoms with Crippen molar-refractivity contribution in [3.05, 3.63) is 11.9 Å². The van der Waals surface area contributed by atoms with E-state index in [0.29, 0.717) is 5.88 Å². The van der Waals surface area contributed by atoms with Crippen molar-refractivity contribution in [1.82, 2.24) is 14.9 Å². The Morgan fingerprint density at radius 2 is 2.00 bits per heavy atom. The van der Waals surface area contributed by atoms with E-state index < -0.39 is 0 Å². The van der Waals surface area contributed by atoms with E-state index in [1.165, 1.54) is 25.7 Å². The summed E-state index contributed by atoms with van der Waals surface area (Å²) in [4.78, 5) is 11.2. The number of aryl methyl sites for hydroxylation is 1. The predicted octanol–water partition coefficient (Wildman–Crippen LogP) is 2.08. The van der Waals surface area contributed by atoms with Crippen molar-refractivity contribution < 1.29 is 4.74 Å². The van der Waals surface area contributed by atoms with Gasteiger partial charge in [0.1, 0.15) is 11.6 Å². The van der Waals surface area contributed by atoms with Crippen molar-refractivity contribution >= 4 is 5.82 Å². The lowest BCUT2D eigenvalue weighted by Gasteiger charge is -2.36. The maximum absolute atomic E-state index is 5.19. The van der Waals surface area contributed by atoms with Gasteiger partial charge in [-0.05, 0) is 45.6 Å². The van der Waals surface area contributed by atoms with Gasteiger partial charge in [0.15, 0.2) is 0 Å². The van der Waals surface area contributed by atoms with Crippen molar-refractivity contribution in [3.63, 3.8) is 0 Å². The maximum atomic E-state index is 5.19. The number of ether oxygens (including phenoxy) is 1. The molecule has 0 spiro atoms. The van der Waals surface area contributed by atoms with Crippen LogP contribution in [0, 0.1) is 12.8 Å². The first-order chi connectivity index (χ1) is 9.65. The summed E-state index contributed by atoms with van der Waals surface area (Å²) in [6, 6.07) is 3.46. The molecule has 2 bridgehead atoms. The second kappa shape index (κ2) is 5.56. The third-order valence-corrected chi connectivity index (χ3v) is 4.79. The highest BCUT2D eigenvalue weighted by molar-refractivity contribution is 5.38. The van der Waals surface area contributed by atoms with E-state index in [4.69, 9.17) is 4.74 Å². The van der Waals surface area contributed by atoms with Crippen molar-refractivity contribution in [2.45, 2.75) is 44.7 Å². The number of methoxy groups -OCH3 is 1. The second-order valence-electron chi connectivity index (χ2n) is 6.11. The minimum absolute atomic E-state index is 0.628. The Morgan fingerprint density at radius 1 is 1.30 bits per heavy atom. The van der Waals surface area contributed by atoms with Crippen LogP contribution in [0.5, 0.6) is 5.88 Å². The first-order valence-corrected chi connectivity index (χ1v) is 7.51. The van der Waals surface area contributed by atoms with E-state index in [1.54, 1.807) is 7.11 Å². The molecule has 0 saturated carbocycles. The Hall–Kier alpha value is -1.36. The van der Waals surface area contributed by atoms with Crippen LogP contribution in [0.15, 0.2) is 6.07 Å². The Balaban J connectivity index is 1.59. The van der Waals surface area contributed by atoms with Gasteiger partial charge >= 0.3 is 0 Å². The van der Waals surface area contributed by atoms with Crippen LogP contribution in [0.4, 0.5) is 5.82 Å². The molecule has 1 N–H and O–H groups in total. The molecule has 110 valence electrons. The fraction of sp³-hybridized carbons (Fsp3) is 0.733. The first-order valence-electron chi connectivity index (χ1n) is 7.51. The highest BCUT2D eigenvalue weighted by Crippen LogP contribution is 2.37. The van der Waals surface area contributed by atoms with Crippen LogP contribution in [0.2, 0.25) is 0 Å². The minimum atomic E-state index is 0.628. The molecule has 0 amide bonds. The van der Waals surface area contributed by atoms with Crippen molar-refractivity contribution in [3.8, 4) is 5.88 Å². The molecule has 5 heteroatoms. The topological polar surface area (TPSA) is 50.3 Å². The number of aromatic nitrogens is 2. The van der Waals surface area contributed by atoms with Gasteiger partial charge in [-0.3, -0.25) is 0 Å². The number of piperidine rings is 1. The number of nitrogens with zero attached hydrogens (tertiary/aromatic N) is 3. The van der Waals surface area contributed by atoms with Crippen molar-refractivity contribution in [1.29, 1.82) is 0 Å². The normalized spacial score (nSPS) is 29.4. The van der Waals surface area contributed by atoms with Crippen LogP contribution in [0.25, 0.3) is 0 Å². The van der Waals surface area contributed by atoms with Crippen molar-refractivity contribution in [2.24, 2.45) is 5.92 Å². The van der Waals surface area contributed by atoms with Gasteiger partial charge in [-0.15, -0.1) is 0 Å². The summed E-state index contributed by atoms with van der Waals surface area (Å²) < 4.78 is 5.19. The lowest BCUT2D eigenvalue weighted by molar-refractivity contribution is 0.139. The fourth-order valence-electron chi connectivity index (χ4n) is 3.68. The standard InChI is InChI=1S/C15H24N4O/c1-10-17-14(8-15(18-10)20-3)16-9-11-6-12-4-5-13(7-11)19(12)2/h8,11-13H,4-7,9H2,1-3H3,(H,16,17,18). The number of rotatable bonds is 4. The first kappa shape index (κ1) is 13.6. The van der Waals surface area contributed by atoms with E-state index in [-0.39, 0.29) is 0 Å². The number of nitrogens with one attached hydrogen (secondary N) is 1. The maximum Gasteiger partial charge on any atom is 0.218 e. The third-order valence-electron chi connectivity index (χ3n) is 4.79. The highest BCUT2D eigenvalue weighted by Gasteiger charge is 2.38. The Kier molecular flexibility index (Phi) is 3.78. The summed E-state index contributed by atoms with van der Waals surface area (Å²) in [7, 11) is 3.92. The van der Waals surface area contributed by atoms with Gasteiger partial charge in [-0.2, -0.15) is 4.98 Å². The largest absolute Gasteiger partial charge is 0.481 e. The average Bonchev–Trinajstić information content (AvgIpc) is 2.66. The second-order valence-corrected chi connectivity index (χ2v) is 6.11. The van der Waals surface area contributed by atoms with Gasteiger partial charge in [0, 0.05) is 24.7 Å². The number of hydrogen-bond donors (Lipinski definition) is 1. The number of anilines is 1. The molecule has 1 aromatic heterocycles. The fourth-order valence-corrected chi connectivity index (χ4v) is 3.68. The monoisotopic (exact) mass is 276 g/mol. The van der Waals surface area contributed by atoms with Crippen LogP contribution >= 0.6 is 0 Å². The number of fused-ring (bicyclic) bond motifs is 2. The van der Waals surface area contributed by atoms with Gasteiger partial charge in [0.25, 0.3) is 0 Å². The Morgan fingerprint density at radius 3 is 2.65 bits per heavy atom. The Labute approximate surface area is 120 Å². The molecule has 2 saturated heterocycles. The van der Waals surface area contributed by atoms with E-state index in [1.807, 2.05) is 13.0 Å². The molecule has 0 radical (unpaired) electrons. The molecule has 3 heterocycles. The molecule has 3 rings (SSSR count). The van der Waals surface area contributed by atoms with E-state index in [9.17, 15) is 0 Å². The molecular formula is C15H24N4O. The average molecular weight is 276 g/mol. The number of hydrogen-bond acceptors (Lipinski definition) is 5. The molecule has 20 heavy (non-hydrogen) atoms. The van der Waals surface area contributed by atoms with E-state index in [2.05, 4.69) is 27.2 Å². The summed E-state index contributed by atoms with van der Waals surface area (Å²) in [6.07, 6.45) is 5.36. The van der Waals surface area contributed by atoms with Gasteiger partial charge in [0.05, 0.1) is 7.11 Å². The van der Waals surface area contributed by atoms with E-state index in [0.717, 1.165) is 36.2 Å². The minimum Gasteiger partial charge on any atom is -0.481 e. The summed E-state index contributed by atoms with van der Waals surface area (Å²) in [5.74, 6) is 3.00. The molecule has 2 fully saturated rings. The SMILES string of the molecule is COc1cc(NCC2CC3CCC(C2)N3C)nc(C)n1. The van der Waals surface area contributed by atoms with Crippen LogP contribution in [0.3, 0.4) is 0 Å². The molecule has 1 aromatic rings. The molecule has 2 atom stereocenters. The molecule has 5 nitrogen and oxygen atoms in total. The molecular weight excluding hydrogens is 252 g/mol. The van der Waals surface area contributed by atoms with E-state index >= 15 is 0 Å². The van der Waals surface area contributed by atoms with Crippen LogP contribution in [-0.4, -0.2) is 47.7 Å². The molecule has 0 aromatic carbocycles. The van der Waals surface area contributed by atoms with Crippen LogP contribution in [-0.2, 0) is 0 Å². The Bertz CT molecular complexity index is 465. The molecule has 2 aliphatic rings. The zero-order valence-electron chi connectivity index (χ0n) is 12.6. The lowest BCUT2D eigenvalue weighted by atomic mass is 9.91. The zero-order valence-corrected chi connectivity index (χ0v) is 12.6. The summed E-state index contributed by atoms with van der Waals surface area (Å²) in [6.45, 7) is 2.89.